The molecule has 0 aromatic heterocycles. The molecule has 0 bridgehead atoms. The van der Waals surface area contributed by atoms with Crippen LogP contribution in [0.4, 0.5) is 0 Å². The van der Waals surface area contributed by atoms with Crippen LogP contribution in [0, 0.1) is 0 Å². The van der Waals surface area contributed by atoms with E-state index in [4.69, 9.17) is 10.8 Å². The van der Waals surface area contributed by atoms with Crippen molar-refractivity contribution in [1.82, 2.24) is 5.32 Å². The minimum atomic E-state index is -1.07. The Morgan fingerprint density at radius 3 is 2.53 bits per heavy atom. The van der Waals surface area contributed by atoms with Gasteiger partial charge in [0.2, 0.25) is 5.91 Å². The van der Waals surface area contributed by atoms with Gasteiger partial charge in [-0.1, -0.05) is 30.3 Å². The van der Waals surface area contributed by atoms with Crippen LogP contribution in [0.15, 0.2) is 30.3 Å². The molecule has 104 valence electrons. The van der Waals surface area contributed by atoms with Gasteiger partial charge in [-0.25, -0.2) is 0 Å². The molecule has 2 atom stereocenters. The molecular formula is C14H20N2O3. The molecule has 1 aromatic rings. The van der Waals surface area contributed by atoms with E-state index in [9.17, 15) is 9.59 Å². The fourth-order valence-electron chi connectivity index (χ4n) is 1.73. The van der Waals surface area contributed by atoms with Gasteiger partial charge in [0.05, 0.1) is 12.5 Å². The molecular weight excluding hydrogens is 244 g/mol. The van der Waals surface area contributed by atoms with E-state index in [1.54, 1.807) is 0 Å². The number of carboxylic acids is 1. The number of aliphatic carboxylic acids is 1. The van der Waals surface area contributed by atoms with Gasteiger partial charge >= 0.3 is 5.97 Å². The third-order valence-electron chi connectivity index (χ3n) is 2.83. The van der Waals surface area contributed by atoms with Crippen molar-refractivity contribution in [3.8, 4) is 0 Å². The fourth-order valence-corrected chi connectivity index (χ4v) is 1.73. The van der Waals surface area contributed by atoms with Gasteiger partial charge < -0.3 is 16.2 Å². The Labute approximate surface area is 112 Å². The summed E-state index contributed by atoms with van der Waals surface area (Å²) in [7, 11) is 0. The van der Waals surface area contributed by atoms with Gasteiger partial charge in [-0.15, -0.1) is 0 Å². The van der Waals surface area contributed by atoms with Crippen molar-refractivity contribution in [1.29, 1.82) is 0 Å². The van der Waals surface area contributed by atoms with E-state index in [1.165, 1.54) is 5.56 Å². The summed E-state index contributed by atoms with van der Waals surface area (Å²) in [6.45, 7) is 1.88. The maximum Gasteiger partial charge on any atom is 0.305 e. The van der Waals surface area contributed by atoms with Crippen molar-refractivity contribution in [3.63, 3.8) is 0 Å². The van der Waals surface area contributed by atoms with E-state index in [-0.39, 0.29) is 12.5 Å². The van der Waals surface area contributed by atoms with Crippen LogP contribution in [0.5, 0.6) is 0 Å². The number of hydrogen-bond donors (Lipinski definition) is 3. The summed E-state index contributed by atoms with van der Waals surface area (Å²) in [6, 6.07) is 8.95. The fraction of sp³-hybridized carbons (Fsp3) is 0.429. The Hall–Kier alpha value is -1.88. The van der Waals surface area contributed by atoms with E-state index in [2.05, 4.69) is 5.32 Å². The molecule has 5 nitrogen and oxygen atoms in total. The number of aryl methyl sites for hydroxylation is 1. The lowest BCUT2D eigenvalue weighted by Crippen LogP contribution is -2.45. The molecule has 0 spiro atoms. The maximum absolute atomic E-state index is 11.6. The molecule has 5 heteroatoms. The summed E-state index contributed by atoms with van der Waals surface area (Å²) >= 11 is 0. The molecule has 1 rings (SSSR count). The normalized spacial score (nSPS) is 13.6. The van der Waals surface area contributed by atoms with Gasteiger partial charge in [-0.3, -0.25) is 9.59 Å². The van der Waals surface area contributed by atoms with Crippen molar-refractivity contribution in [2.75, 3.05) is 0 Å². The Kier molecular flexibility index (Phi) is 6.02. The Bertz CT molecular complexity index is 420. The number of carboxylic acid groups (broad SMARTS) is 1. The lowest BCUT2D eigenvalue weighted by atomic mass is 10.1. The molecule has 0 unspecified atom stereocenters. The van der Waals surface area contributed by atoms with Crippen molar-refractivity contribution < 1.29 is 14.7 Å². The zero-order valence-corrected chi connectivity index (χ0v) is 11.0. The highest BCUT2D eigenvalue weighted by Gasteiger charge is 2.18. The molecule has 0 aliphatic carbocycles. The minimum Gasteiger partial charge on any atom is -0.481 e. The van der Waals surface area contributed by atoms with E-state index in [0.717, 1.165) is 12.8 Å². The Morgan fingerprint density at radius 1 is 1.32 bits per heavy atom. The molecule has 0 aliphatic heterocycles. The Balaban J connectivity index is 2.32. The first-order chi connectivity index (χ1) is 8.99. The second-order valence-corrected chi connectivity index (χ2v) is 4.64. The second kappa shape index (κ2) is 7.53. The van der Waals surface area contributed by atoms with E-state index < -0.39 is 17.9 Å². The maximum atomic E-state index is 11.6. The number of rotatable bonds is 7. The van der Waals surface area contributed by atoms with E-state index in [0.29, 0.717) is 0 Å². The lowest BCUT2D eigenvalue weighted by Gasteiger charge is -2.16. The SMILES string of the molecule is C[C@H](CCc1ccccc1)NC(=O)[C@@H](N)CC(=O)O. The van der Waals surface area contributed by atoms with Crippen molar-refractivity contribution >= 4 is 11.9 Å². The lowest BCUT2D eigenvalue weighted by molar-refractivity contribution is -0.139. The Morgan fingerprint density at radius 2 is 1.95 bits per heavy atom. The van der Waals surface area contributed by atoms with Crippen LogP contribution in [0.1, 0.15) is 25.3 Å². The molecule has 0 aliphatic rings. The monoisotopic (exact) mass is 264 g/mol. The predicted molar refractivity (Wildman–Crippen MR) is 72.6 cm³/mol. The number of benzene rings is 1. The van der Waals surface area contributed by atoms with Crippen LogP contribution < -0.4 is 11.1 Å². The van der Waals surface area contributed by atoms with Gasteiger partial charge in [-0.05, 0) is 25.3 Å². The van der Waals surface area contributed by atoms with Gasteiger partial charge in [0.25, 0.3) is 0 Å². The quantitative estimate of drug-likeness (QED) is 0.683. The van der Waals surface area contributed by atoms with Crippen LogP contribution in [-0.4, -0.2) is 29.1 Å². The zero-order valence-electron chi connectivity index (χ0n) is 11.0. The first-order valence-corrected chi connectivity index (χ1v) is 6.30. The molecule has 0 saturated carbocycles. The third-order valence-corrected chi connectivity index (χ3v) is 2.83. The zero-order chi connectivity index (χ0) is 14.3. The summed E-state index contributed by atoms with van der Waals surface area (Å²) in [5.74, 6) is -1.48. The number of nitrogens with one attached hydrogen (secondary N) is 1. The summed E-state index contributed by atoms with van der Waals surface area (Å²) < 4.78 is 0. The van der Waals surface area contributed by atoms with Crippen LogP contribution in [0.25, 0.3) is 0 Å². The van der Waals surface area contributed by atoms with Gasteiger partial charge in [0.15, 0.2) is 0 Å². The number of amides is 1. The largest absolute Gasteiger partial charge is 0.481 e. The van der Waals surface area contributed by atoms with E-state index in [1.807, 2.05) is 37.3 Å². The summed E-state index contributed by atoms with van der Waals surface area (Å²) in [6.07, 6.45) is 1.29. The van der Waals surface area contributed by atoms with Gasteiger partial charge in [-0.2, -0.15) is 0 Å². The van der Waals surface area contributed by atoms with Crippen LogP contribution >= 0.6 is 0 Å². The molecule has 19 heavy (non-hydrogen) atoms. The molecule has 0 saturated heterocycles. The van der Waals surface area contributed by atoms with Crippen molar-refractivity contribution in [2.24, 2.45) is 5.73 Å². The molecule has 0 heterocycles. The topological polar surface area (TPSA) is 92.4 Å². The first kappa shape index (κ1) is 15.2. The molecule has 0 radical (unpaired) electrons. The van der Waals surface area contributed by atoms with Crippen LogP contribution in [0.2, 0.25) is 0 Å². The number of hydrogen-bond acceptors (Lipinski definition) is 3. The average molecular weight is 264 g/mol. The summed E-state index contributed by atoms with van der Waals surface area (Å²) in [4.78, 5) is 22.1. The van der Waals surface area contributed by atoms with Gasteiger partial charge in [0, 0.05) is 6.04 Å². The van der Waals surface area contributed by atoms with E-state index >= 15 is 0 Å². The molecule has 4 N–H and O–H groups in total. The highest BCUT2D eigenvalue weighted by molar-refractivity contribution is 5.86. The van der Waals surface area contributed by atoms with Crippen molar-refractivity contribution in [3.05, 3.63) is 35.9 Å². The first-order valence-electron chi connectivity index (χ1n) is 6.30. The minimum absolute atomic E-state index is 0.0347. The highest BCUT2D eigenvalue weighted by atomic mass is 16.4. The standard InChI is InChI=1S/C14H20N2O3/c1-10(7-8-11-5-3-2-4-6-11)16-14(19)12(15)9-13(17)18/h2-6,10,12H,7-9,15H2,1H3,(H,16,19)(H,17,18)/t10-,12+/m1/s1. The third kappa shape index (κ3) is 6.01. The molecule has 1 aromatic carbocycles. The number of carbonyl (C=O) groups excluding carboxylic acids is 1. The molecule has 1 amide bonds. The summed E-state index contributed by atoms with van der Waals surface area (Å²) in [5.41, 5.74) is 6.69. The average Bonchev–Trinajstić information content (AvgIpc) is 2.36. The predicted octanol–water partition coefficient (Wildman–Crippen LogP) is 0.926. The summed E-state index contributed by atoms with van der Waals surface area (Å²) in [5, 5.41) is 11.3. The number of carbonyl (C=O) groups is 2. The van der Waals surface area contributed by atoms with Crippen LogP contribution in [-0.2, 0) is 16.0 Å². The van der Waals surface area contributed by atoms with Crippen LogP contribution in [0.3, 0.4) is 0 Å². The smallest absolute Gasteiger partial charge is 0.305 e. The van der Waals surface area contributed by atoms with Gasteiger partial charge in [0.1, 0.15) is 0 Å². The highest BCUT2D eigenvalue weighted by Crippen LogP contribution is 2.05. The van der Waals surface area contributed by atoms with Crippen molar-refractivity contribution in [2.45, 2.75) is 38.3 Å². The number of nitrogens with two attached hydrogens (primary N) is 1. The molecule has 0 fully saturated rings. The second-order valence-electron chi connectivity index (χ2n) is 4.64.